The van der Waals surface area contributed by atoms with Gasteiger partial charge in [-0.2, -0.15) is 5.10 Å². The molecule has 0 radical (unpaired) electrons. The van der Waals surface area contributed by atoms with Crippen LogP contribution in [-0.2, 0) is 83.3 Å². The zero-order valence-corrected chi connectivity index (χ0v) is 65.2. The quantitative estimate of drug-likeness (QED) is 0.0145. The summed E-state index contributed by atoms with van der Waals surface area (Å²) in [6.45, 7) is 14.2. The summed E-state index contributed by atoms with van der Waals surface area (Å²) in [5, 5.41) is 27.2. The Morgan fingerprint density at radius 1 is 0.732 bits per heavy atom. The molecule has 2 unspecified atom stereocenters. The number of likely N-dealkylation sites (N-methyl/N-ethyl adjacent to an activating group) is 1. The van der Waals surface area contributed by atoms with Crippen molar-refractivity contribution >= 4 is 97.6 Å². The summed E-state index contributed by atoms with van der Waals surface area (Å²) in [4.78, 5) is 144. The number of anilines is 3. The fourth-order valence-electron chi connectivity index (χ4n) is 17.3. The molecule has 0 spiro atoms. The number of carboxylic acids is 1. The summed E-state index contributed by atoms with van der Waals surface area (Å²) in [5.74, 6) is -4.51. The smallest absolute Gasteiger partial charge is 0.409 e. The van der Waals surface area contributed by atoms with Gasteiger partial charge in [0.15, 0.2) is 10.8 Å². The number of carboxylic acid groups (broad SMARTS) is 1. The molecule has 4 aliphatic carbocycles. The molecular formula is C80H102N14O17S. The van der Waals surface area contributed by atoms with Gasteiger partial charge in [-0.05, 0) is 146 Å². The topological polar surface area (TPSA) is 403 Å². The Bertz CT molecular complexity index is 4400. The normalized spacial score (nSPS) is 20.0. The molecular weight excluding hydrogens is 1460 g/mol. The third-order valence-electron chi connectivity index (χ3n) is 21.4. The number of rotatable bonds is 41. The first-order valence-corrected chi connectivity index (χ1v) is 38.9. The van der Waals surface area contributed by atoms with Crippen LogP contribution in [0.2, 0.25) is 0 Å². The fourth-order valence-corrected chi connectivity index (χ4v) is 18.2. The number of aromatic nitrogens is 4. The number of urea groups is 1. The molecule has 4 fully saturated rings. The molecule has 9 N–H and O–H groups in total. The van der Waals surface area contributed by atoms with Crippen LogP contribution in [0, 0.1) is 29.1 Å². The van der Waals surface area contributed by atoms with Crippen LogP contribution in [0.5, 0.6) is 0 Å². The molecule has 32 heteroatoms. The lowest BCUT2D eigenvalue weighted by Gasteiger charge is -2.69. The second-order valence-corrected chi connectivity index (χ2v) is 31.9. The van der Waals surface area contributed by atoms with E-state index in [1.165, 1.54) is 33.3 Å². The van der Waals surface area contributed by atoms with E-state index in [2.05, 4.69) is 40.1 Å². The number of primary amides is 2. The minimum absolute atomic E-state index is 0.00269. The molecule has 4 saturated carbocycles. The number of carbonyl (C=O) groups excluding carboxylic acids is 9. The number of nitrogens with two attached hydrogens (primary N) is 2. The fraction of sp³-hybridized carbons (Fsp3) is 0.512. The first kappa shape index (κ1) is 82.7. The van der Waals surface area contributed by atoms with Gasteiger partial charge < -0.3 is 70.7 Å². The van der Waals surface area contributed by atoms with Gasteiger partial charge in [0, 0.05) is 106 Å². The molecule has 112 heavy (non-hydrogen) atoms. The van der Waals surface area contributed by atoms with E-state index in [0.717, 1.165) is 70.5 Å². The summed E-state index contributed by atoms with van der Waals surface area (Å²) in [6.07, 6.45) is 9.81. The van der Waals surface area contributed by atoms with E-state index in [1.54, 1.807) is 57.4 Å². The summed E-state index contributed by atoms with van der Waals surface area (Å²) in [5.41, 5.74) is 16.6. The molecule has 5 heterocycles. The summed E-state index contributed by atoms with van der Waals surface area (Å²) < 4.78 is 38.0. The lowest BCUT2D eigenvalue weighted by molar-refractivity contribution is -0.248. The van der Waals surface area contributed by atoms with Crippen LogP contribution in [0.1, 0.15) is 135 Å². The number of pyridine rings is 1. The van der Waals surface area contributed by atoms with E-state index in [0.29, 0.717) is 59.3 Å². The molecule has 10 amide bonds. The number of benzene rings is 3. The number of fused-ring (bicyclic) bond motifs is 2. The van der Waals surface area contributed by atoms with E-state index in [-0.39, 0.29) is 157 Å². The van der Waals surface area contributed by atoms with Crippen molar-refractivity contribution in [3.8, 4) is 11.1 Å². The lowest BCUT2D eigenvalue weighted by atomic mass is 9.39. The second-order valence-electron chi connectivity index (χ2n) is 30.9. The third kappa shape index (κ3) is 20.9. The molecule has 4 atom stereocenters. The largest absolute Gasteiger partial charge is 0.476 e. The highest BCUT2D eigenvalue weighted by atomic mass is 32.1. The molecule has 0 saturated heterocycles. The number of amides is 10. The third-order valence-corrected chi connectivity index (χ3v) is 22.3. The average molecular weight is 1560 g/mol. The van der Waals surface area contributed by atoms with Gasteiger partial charge in [-0.15, -0.1) is 0 Å². The number of hydrogen-bond acceptors (Lipinski definition) is 21. The molecule has 3 aromatic carbocycles. The SMILES string of the molecule is Cc1c(-c2ccc(N3CCc4cccc(C(=O)Nc5nc6ccccc6s5)c4C3)nc2C(=O)O)cnn1CC12CC3(C)CC(C)(C1)CC(OCCN(C)C(=O)OCc1ccc(N(C(=O)[C@@H](NC(=O)CCOCCOCCOCCOCCNC(=O)CCN4C(=O)C=CC4=O)C(C)C)[C@@H](CCCNC(N)=O)C(N)=O)cc1)(C3)C2. The highest BCUT2D eigenvalue weighted by molar-refractivity contribution is 7.22. The van der Waals surface area contributed by atoms with Crippen molar-refractivity contribution < 1.29 is 81.5 Å². The van der Waals surface area contributed by atoms with Crippen molar-refractivity contribution in [1.29, 1.82) is 0 Å². The molecule has 12 rings (SSSR count). The van der Waals surface area contributed by atoms with E-state index in [1.807, 2.05) is 65.0 Å². The van der Waals surface area contributed by atoms with E-state index in [4.69, 9.17) is 50.0 Å². The number of nitrogens with one attached hydrogen (secondary N) is 4. The van der Waals surface area contributed by atoms with Crippen molar-refractivity contribution in [2.45, 2.75) is 143 Å². The number of para-hydroxylation sites is 1. The van der Waals surface area contributed by atoms with E-state index in [9.17, 15) is 53.1 Å². The van der Waals surface area contributed by atoms with Gasteiger partial charge in [0.25, 0.3) is 23.6 Å². The van der Waals surface area contributed by atoms with Crippen LogP contribution in [0.25, 0.3) is 21.3 Å². The van der Waals surface area contributed by atoms with Crippen molar-refractivity contribution in [3.63, 3.8) is 0 Å². The predicted octanol–water partition coefficient (Wildman–Crippen LogP) is 7.44. The minimum Gasteiger partial charge on any atom is -0.476 e. The molecule has 600 valence electrons. The van der Waals surface area contributed by atoms with E-state index >= 15 is 0 Å². The van der Waals surface area contributed by atoms with Gasteiger partial charge in [-0.3, -0.25) is 53.4 Å². The van der Waals surface area contributed by atoms with Crippen LogP contribution < -0.4 is 42.5 Å². The van der Waals surface area contributed by atoms with Gasteiger partial charge in [-0.25, -0.2) is 24.4 Å². The number of ether oxygens (including phenoxy) is 6. The van der Waals surface area contributed by atoms with E-state index < -0.39 is 71.2 Å². The van der Waals surface area contributed by atoms with Crippen LogP contribution in [0.3, 0.4) is 0 Å². The molecule has 3 aromatic heterocycles. The lowest BCUT2D eigenvalue weighted by Crippen LogP contribution is -2.64. The number of hydrogen-bond donors (Lipinski definition) is 7. The van der Waals surface area contributed by atoms with Gasteiger partial charge in [0.1, 0.15) is 24.5 Å². The highest BCUT2D eigenvalue weighted by Crippen LogP contribution is 2.72. The Labute approximate surface area is 654 Å². The predicted molar refractivity (Wildman–Crippen MR) is 416 cm³/mol. The van der Waals surface area contributed by atoms with Gasteiger partial charge in [0.05, 0.1) is 81.5 Å². The van der Waals surface area contributed by atoms with Crippen LogP contribution in [-0.4, -0.2) is 211 Å². The molecule has 6 aliphatic rings. The first-order chi connectivity index (χ1) is 53.6. The maximum absolute atomic E-state index is 14.8. The zero-order chi connectivity index (χ0) is 79.9. The Hall–Kier alpha value is -10.2. The van der Waals surface area contributed by atoms with Crippen LogP contribution in [0.4, 0.5) is 26.2 Å². The van der Waals surface area contributed by atoms with Crippen LogP contribution >= 0.6 is 11.3 Å². The number of aromatic carboxylic acids is 1. The van der Waals surface area contributed by atoms with Crippen molar-refractivity contribution in [2.24, 2.45) is 33.6 Å². The zero-order valence-electron chi connectivity index (χ0n) is 64.4. The van der Waals surface area contributed by atoms with Gasteiger partial charge in [0.2, 0.25) is 17.7 Å². The monoisotopic (exact) mass is 1560 g/mol. The van der Waals surface area contributed by atoms with Crippen molar-refractivity contribution in [1.82, 2.24) is 45.5 Å². The molecule has 6 aromatic rings. The Morgan fingerprint density at radius 3 is 2.09 bits per heavy atom. The molecule has 31 nitrogen and oxygen atoms in total. The number of imide groups is 1. The van der Waals surface area contributed by atoms with Crippen molar-refractivity contribution in [3.05, 3.63) is 131 Å². The van der Waals surface area contributed by atoms with Gasteiger partial charge >= 0.3 is 18.1 Å². The van der Waals surface area contributed by atoms with Crippen molar-refractivity contribution in [2.75, 3.05) is 114 Å². The molecule has 4 bridgehead atoms. The first-order valence-electron chi connectivity index (χ1n) is 38.1. The Kier molecular flexibility index (Phi) is 27.3. The number of thiazole rings is 1. The molecule has 2 aliphatic heterocycles. The summed E-state index contributed by atoms with van der Waals surface area (Å²) in [7, 11) is 1.65. The standard InChI is InChI=1S/C80H102N14O17S/c1-51(2)68(88-65(96)26-32-106-35-37-108-39-40-109-38-36-107-33-28-83-64(95)25-30-92-66(97)22-23-67(92)98)72(101)94(61(70(81)99)14-10-27-84-74(82)104)55-18-16-53(17-19-55)43-110-76(105)90(6)31-34-111-80-47-77(4)44-78(5,48-80)46-79(45-77,49-80)50-93-52(3)58(41-85-93)56-20-21-63(87-69(56)73(102)103)91-29-24-54-11-9-12-57(59(54)42-91)71(100)89-75-86-60-13-7-8-15-62(60)112-75/h7-9,11-13,15-23,41,51,61,68H,10,14,24-40,42-50H2,1-6H3,(H2,81,99)(H,83,95)(H,88,96)(H,102,103)(H3,82,84,104)(H,86,89,100)/t61-,68-,77?,78?,79?,80?/m0/s1. The number of nitrogens with zero attached hydrogens (tertiary/aromatic N) is 8. The highest BCUT2D eigenvalue weighted by Gasteiger charge is 2.66. The summed E-state index contributed by atoms with van der Waals surface area (Å²) in [6, 6.07) is 20.5. The number of carbonyl (C=O) groups is 10. The second kappa shape index (κ2) is 36.9. The van der Waals surface area contributed by atoms with Crippen LogP contribution in [0.15, 0.2) is 97.2 Å². The van der Waals surface area contributed by atoms with Gasteiger partial charge in [-0.1, -0.05) is 75.4 Å². The average Bonchev–Trinajstić information content (AvgIpc) is 0.743. The Balaban J connectivity index is 0.637. The summed E-state index contributed by atoms with van der Waals surface area (Å²) >= 11 is 1.41. The minimum atomic E-state index is -1.22. The maximum Gasteiger partial charge on any atom is 0.409 e. The maximum atomic E-state index is 14.8. The Morgan fingerprint density at radius 2 is 1.42 bits per heavy atom.